The van der Waals surface area contributed by atoms with E-state index in [1.165, 1.54) is 27.8 Å². The Bertz CT molecular complexity index is 1290. The average molecular weight is 432 g/mol. The van der Waals surface area contributed by atoms with E-state index in [9.17, 15) is 9.59 Å². The molecule has 5 nitrogen and oxygen atoms in total. The molecule has 0 aliphatic heterocycles. The number of benzene rings is 2. The van der Waals surface area contributed by atoms with Crippen molar-refractivity contribution in [3.8, 4) is 11.1 Å². The molecule has 1 N–H and O–H groups in total. The summed E-state index contributed by atoms with van der Waals surface area (Å²) in [5.41, 5.74) is 4.73. The van der Waals surface area contributed by atoms with Gasteiger partial charge >= 0.3 is 0 Å². The largest absolute Gasteiger partial charge is 0.324 e. The fourth-order valence-corrected chi connectivity index (χ4v) is 4.54. The maximum Gasteiger partial charge on any atom is 0.263 e. The molecule has 4 rings (SSSR count). The van der Waals surface area contributed by atoms with Crippen molar-refractivity contribution in [2.75, 3.05) is 5.32 Å². The highest BCUT2D eigenvalue weighted by Crippen LogP contribution is 2.31. The summed E-state index contributed by atoms with van der Waals surface area (Å²) in [5.74, 6) is 0.200. The molecule has 0 spiro atoms. The van der Waals surface area contributed by atoms with Gasteiger partial charge in [0.25, 0.3) is 5.56 Å². The number of hydrogen-bond donors (Lipinski definition) is 1. The molecular weight excluding hydrogens is 406 g/mol. The van der Waals surface area contributed by atoms with Crippen LogP contribution in [0, 0.1) is 0 Å². The van der Waals surface area contributed by atoms with Gasteiger partial charge in [0.1, 0.15) is 11.4 Å². The smallest absolute Gasteiger partial charge is 0.263 e. The summed E-state index contributed by atoms with van der Waals surface area (Å²) in [6, 6.07) is 16.0. The summed E-state index contributed by atoms with van der Waals surface area (Å²) in [6.07, 6.45) is 2.27. The molecule has 2 aromatic heterocycles. The number of anilines is 1. The van der Waals surface area contributed by atoms with E-state index in [0.717, 1.165) is 28.8 Å². The van der Waals surface area contributed by atoms with E-state index in [4.69, 9.17) is 0 Å². The Morgan fingerprint density at radius 2 is 1.87 bits per heavy atom. The van der Waals surface area contributed by atoms with Crippen LogP contribution < -0.4 is 10.9 Å². The topological polar surface area (TPSA) is 64.0 Å². The van der Waals surface area contributed by atoms with Gasteiger partial charge in [-0.05, 0) is 35.1 Å². The predicted octanol–water partition coefficient (Wildman–Crippen LogP) is 5.45. The predicted molar refractivity (Wildman–Crippen MR) is 128 cm³/mol. The van der Waals surface area contributed by atoms with Crippen molar-refractivity contribution in [1.82, 2.24) is 9.55 Å². The van der Waals surface area contributed by atoms with Crippen LogP contribution in [0.1, 0.15) is 37.8 Å². The van der Waals surface area contributed by atoms with Crippen LogP contribution in [0.4, 0.5) is 5.69 Å². The second-order valence-corrected chi connectivity index (χ2v) is 8.70. The van der Waals surface area contributed by atoms with Gasteiger partial charge < -0.3 is 5.32 Å². The molecule has 4 aromatic rings. The van der Waals surface area contributed by atoms with Crippen molar-refractivity contribution in [2.24, 2.45) is 0 Å². The Morgan fingerprint density at radius 1 is 1.13 bits per heavy atom. The highest BCUT2D eigenvalue weighted by Gasteiger charge is 2.15. The molecule has 0 bridgehead atoms. The molecule has 0 aliphatic rings. The Balaban J connectivity index is 1.64. The van der Waals surface area contributed by atoms with Gasteiger partial charge in [0, 0.05) is 16.6 Å². The van der Waals surface area contributed by atoms with Crippen molar-refractivity contribution in [3.63, 3.8) is 0 Å². The maximum absolute atomic E-state index is 13.2. The fraction of sp³-hybridized carbons (Fsp3) is 0.240. The third kappa shape index (κ3) is 4.30. The lowest BCUT2D eigenvalue weighted by molar-refractivity contribution is -0.116. The molecule has 2 aromatic carbocycles. The number of fused-ring (bicyclic) bond motifs is 1. The molecule has 0 saturated carbocycles. The normalized spacial score (nSPS) is 11.2. The van der Waals surface area contributed by atoms with Crippen LogP contribution in [-0.4, -0.2) is 15.5 Å². The Hall–Kier alpha value is -3.25. The monoisotopic (exact) mass is 431 g/mol. The molecule has 0 unspecified atom stereocenters. The van der Waals surface area contributed by atoms with Gasteiger partial charge in [0.15, 0.2) is 0 Å². The van der Waals surface area contributed by atoms with E-state index in [1.807, 2.05) is 48.7 Å². The summed E-state index contributed by atoms with van der Waals surface area (Å²) in [4.78, 5) is 31.0. The molecular formula is C25H25N3O2S. The van der Waals surface area contributed by atoms with Crippen molar-refractivity contribution in [3.05, 3.63) is 81.7 Å². The van der Waals surface area contributed by atoms with Gasteiger partial charge in [-0.15, -0.1) is 11.3 Å². The second kappa shape index (κ2) is 8.86. The van der Waals surface area contributed by atoms with Gasteiger partial charge in [-0.3, -0.25) is 14.2 Å². The van der Waals surface area contributed by atoms with E-state index < -0.39 is 0 Å². The zero-order valence-corrected chi connectivity index (χ0v) is 18.7. The number of thiophene rings is 1. The number of para-hydroxylation sites is 1. The summed E-state index contributed by atoms with van der Waals surface area (Å²) in [7, 11) is 0. The van der Waals surface area contributed by atoms with Crippen LogP contribution >= 0.6 is 11.3 Å². The van der Waals surface area contributed by atoms with Crippen LogP contribution in [0.15, 0.2) is 65.0 Å². The first-order chi connectivity index (χ1) is 15.0. The lowest BCUT2D eigenvalue weighted by Crippen LogP contribution is -2.28. The van der Waals surface area contributed by atoms with Crippen LogP contribution in [-0.2, 0) is 17.8 Å². The third-order valence-corrected chi connectivity index (χ3v) is 6.32. The van der Waals surface area contributed by atoms with Crippen molar-refractivity contribution >= 4 is 33.1 Å². The molecule has 31 heavy (non-hydrogen) atoms. The van der Waals surface area contributed by atoms with Crippen molar-refractivity contribution in [2.45, 2.75) is 39.7 Å². The number of aromatic nitrogens is 2. The van der Waals surface area contributed by atoms with Gasteiger partial charge in [0.2, 0.25) is 5.91 Å². The highest BCUT2D eigenvalue weighted by atomic mass is 32.1. The molecule has 158 valence electrons. The minimum absolute atomic E-state index is 0.0819. The van der Waals surface area contributed by atoms with E-state index in [0.29, 0.717) is 16.1 Å². The van der Waals surface area contributed by atoms with Crippen molar-refractivity contribution < 1.29 is 4.79 Å². The van der Waals surface area contributed by atoms with Gasteiger partial charge in [-0.1, -0.05) is 63.2 Å². The third-order valence-electron chi connectivity index (χ3n) is 5.44. The molecule has 0 atom stereocenters. The van der Waals surface area contributed by atoms with Gasteiger partial charge in [-0.25, -0.2) is 4.98 Å². The lowest BCUT2D eigenvalue weighted by atomic mass is 9.99. The second-order valence-electron chi connectivity index (χ2n) is 7.84. The number of carbonyl (C=O) groups excluding carboxylic acids is 1. The quantitative estimate of drug-likeness (QED) is 0.441. The molecule has 1 amide bonds. The minimum atomic E-state index is -0.248. The first-order valence-electron chi connectivity index (χ1n) is 10.4. The van der Waals surface area contributed by atoms with Crippen LogP contribution in [0.5, 0.6) is 0 Å². The van der Waals surface area contributed by atoms with E-state index in [-0.39, 0.29) is 18.0 Å². The summed E-state index contributed by atoms with van der Waals surface area (Å²) in [6.45, 7) is 6.27. The number of amides is 1. The molecule has 2 heterocycles. The van der Waals surface area contributed by atoms with E-state index >= 15 is 0 Å². The van der Waals surface area contributed by atoms with Crippen LogP contribution in [0.25, 0.3) is 21.3 Å². The summed E-state index contributed by atoms with van der Waals surface area (Å²) < 4.78 is 1.38. The van der Waals surface area contributed by atoms with Crippen LogP contribution in [0.3, 0.4) is 0 Å². The van der Waals surface area contributed by atoms with Gasteiger partial charge in [-0.2, -0.15) is 0 Å². The molecule has 0 aliphatic carbocycles. The highest BCUT2D eigenvalue weighted by molar-refractivity contribution is 7.17. The summed E-state index contributed by atoms with van der Waals surface area (Å²) in [5, 5.41) is 5.44. The number of carbonyl (C=O) groups is 1. The zero-order chi connectivity index (χ0) is 22.0. The standard InChI is InChI=1S/C25H25N3O2S/c1-4-17-7-5-6-8-21(17)27-22(29)13-28-15-26-24-23(25(28)30)20(14-31-24)19-11-9-18(10-12-19)16(2)3/h5-12,14-16H,4,13H2,1-3H3,(H,27,29). The first kappa shape index (κ1) is 21.0. The Labute approximate surface area is 185 Å². The average Bonchev–Trinajstić information content (AvgIpc) is 3.21. The van der Waals surface area contributed by atoms with Crippen molar-refractivity contribution in [1.29, 1.82) is 0 Å². The Kier molecular flexibility index (Phi) is 6.00. The number of nitrogens with one attached hydrogen (secondary N) is 1. The first-order valence-corrected chi connectivity index (χ1v) is 11.3. The summed E-state index contributed by atoms with van der Waals surface area (Å²) >= 11 is 1.44. The fourth-order valence-electron chi connectivity index (χ4n) is 3.64. The molecule has 0 fully saturated rings. The minimum Gasteiger partial charge on any atom is -0.324 e. The molecule has 0 radical (unpaired) electrons. The zero-order valence-electron chi connectivity index (χ0n) is 17.9. The van der Waals surface area contributed by atoms with Gasteiger partial charge in [0.05, 0.1) is 11.7 Å². The van der Waals surface area contributed by atoms with Crippen LogP contribution in [0.2, 0.25) is 0 Å². The maximum atomic E-state index is 13.2. The number of rotatable bonds is 6. The SMILES string of the molecule is CCc1ccccc1NC(=O)Cn1cnc2scc(-c3ccc(C(C)C)cc3)c2c1=O. The molecule has 6 heteroatoms. The molecule has 0 saturated heterocycles. The number of aryl methyl sites for hydroxylation is 1. The van der Waals surface area contributed by atoms with E-state index in [2.05, 4.69) is 36.3 Å². The van der Waals surface area contributed by atoms with E-state index in [1.54, 1.807) is 0 Å². The number of nitrogens with zero attached hydrogens (tertiary/aromatic N) is 2. The number of hydrogen-bond acceptors (Lipinski definition) is 4. The lowest BCUT2D eigenvalue weighted by Gasteiger charge is -2.11. The Morgan fingerprint density at radius 3 is 2.58 bits per heavy atom.